The van der Waals surface area contributed by atoms with E-state index >= 15 is 0 Å². The summed E-state index contributed by atoms with van der Waals surface area (Å²) in [6.45, 7) is 5.49. The molecule has 1 aromatic heterocycles. The smallest absolute Gasteiger partial charge is 0.303 e. The number of carboxylic acid groups (broad SMARTS) is 1. The molecule has 0 saturated carbocycles. The Morgan fingerprint density at radius 1 is 0.780 bits per heavy atom. The van der Waals surface area contributed by atoms with Gasteiger partial charge in [0, 0.05) is 25.0 Å². The molecule has 2 aromatic carbocycles. The van der Waals surface area contributed by atoms with Crippen LogP contribution in [0.25, 0.3) is 22.4 Å². The molecule has 0 radical (unpaired) electrons. The van der Waals surface area contributed by atoms with Crippen LogP contribution in [0.3, 0.4) is 0 Å². The van der Waals surface area contributed by atoms with Crippen molar-refractivity contribution in [3.05, 3.63) is 53.0 Å². The second-order valence-corrected chi connectivity index (χ2v) is 10.2. The Morgan fingerprint density at radius 3 is 2.05 bits per heavy atom. The monoisotopic (exact) mass is 651 g/mol. The summed E-state index contributed by atoms with van der Waals surface area (Å²) in [7, 11) is 0. The van der Waals surface area contributed by atoms with Gasteiger partial charge in [-0.3, -0.25) is 4.79 Å². The van der Waals surface area contributed by atoms with Crippen molar-refractivity contribution < 1.29 is 59.9 Å². The van der Waals surface area contributed by atoms with E-state index in [2.05, 4.69) is 28.9 Å². The van der Waals surface area contributed by atoms with Gasteiger partial charge in [0.15, 0.2) is 18.0 Å². The summed E-state index contributed by atoms with van der Waals surface area (Å²) in [5, 5.41) is 10.1. The second kappa shape index (κ2) is 18.8. The number of carbonyl (C=O) groups is 1. The molecule has 0 saturated heterocycles. The van der Waals surface area contributed by atoms with Gasteiger partial charge in [-0.05, 0) is 36.3 Å². The first-order chi connectivity index (χ1) is 19.7. The number of aliphatic carboxylic acids is 1. The minimum absolute atomic E-state index is 0. The average Bonchev–Trinajstić information content (AvgIpc) is 3.31. The van der Waals surface area contributed by atoms with Crippen LogP contribution in [0, 0.1) is 0 Å². The van der Waals surface area contributed by atoms with Crippen molar-refractivity contribution in [1.29, 1.82) is 0 Å². The standard InChI is InChI=1S/C30H37NO8S.BrH/c32-30(33)7-3-4-12-31-25-5-1-2-6-28(25)40-29(31)11-9-24-8-10-26-27(23-24)39-22-20-37-18-16-35-14-13-34-15-17-36-19-21-38-26;/h1-2,5-6,8-11,23H,3-4,7,12-22H2;1H/b11-9+;. The molecule has 0 atom stereocenters. The van der Waals surface area contributed by atoms with Gasteiger partial charge in [-0.1, -0.05) is 29.5 Å². The molecular weight excluding hydrogens is 614 g/mol. The highest BCUT2D eigenvalue weighted by atomic mass is 79.9. The molecule has 4 rings (SSSR count). The third kappa shape index (κ3) is 11.3. The fourth-order valence-corrected chi connectivity index (χ4v) is 5.26. The molecular formula is C30H38BrNO8S. The number of fused-ring (bicyclic) bond motifs is 2. The highest BCUT2D eigenvalue weighted by molar-refractivity contribution is 7.18. The Bertz CT molecular complexity index is 1230. The molecule has 1 aliphatic heterocycles. The number of aryl methyl sites for hydroxylation is 1. The van der Waals surface area contributed by atoms with Crippen LogP contribution >= 0.6 is 11.3 Å². The van der Waals surface area contributed by atoms with Gasteiger partial charge in [0.1, 0.15) is 17.9 Å². The maximum atomic E-state index is 10.9. The van der Waals surface area contributed by atoms with Gasteiger partial charge in [0.25, 0.3) is 5.01 Å². The number of carboxylic acids is 1. The van der Waals surface area contributed by atoms with Crippen molar-refractivity contribution in [2.45, 2.75) is 25.8 Å². The number of hydrogen-bond acceptors (Lipinski definition) is 8. The van der Waals surface area contributed by atoms with Crippen LogP contribution in [0.2, 0.25) is 0 Å². The Labute approximate surface area is 255 Å². The Morgan fingerprint density at radius 2 is 1.39 bits per heavy atom. The van der Waals surface area contributed by atoms with E-state index in [4.69, 9.17) is 33.5 Å². The first kappa shape index (κ1) is 33.0. The van der Waals surface area contributed by atoms with Gasteiger partial charge in [-0.15, -0.1) is 0 Å². The molecule has 2 heterocycles. The number of unbranched alkanes of at least 4 members (excludes halogenated alkanes) is 1. The van der Waals surface area contributed by atoms with E-state index in [-0.39, 0.29) is 23.4 Å². The normalized spacial score (nSPS) is 16.1. The van der Waals surface area contributed by atoms with E-state index in [1.54, 1.807) is 11.3 Å². The molecule has 0 spiro atoms. The predicted molar refractivity (Wildman–Crippen MR) is 153 cm³/mol. The van der Waals surface area contributed by atoms with Gasteiger partial charge in [-0.25, -0.2) is 0 Å². The summed E-state index contributed by atoms with van der Waals surface area (Å²) in [5.41, 5.74) is 2.13. The van der Waals surface area contributed by atoms with Crippen LogP contribution in [-0.2, 0) is 30.3 Å². The van der Waals surface area contributed by atoms with Crippen LogP contribution in [-0.4, -0.2) is 77.1 Å². The Kier molecular flexibility index (Phi) is 15.1. The summed E-state index contributed by atoms with van der Waals surface area (Å²) in [4.78, 5) is 10.9. The van der Waals surface area contributed by atoms with E-state index in [0.29, 0.717) is 84.0 Å². The van der Waals surface area contributed by atoms with Crippen LogP contribution in [0.1, 0.15) is 29.8 Å². The highest BCUT2D eigenvalue weighted by Gasteiger charge is 2.18. The molecule has 224 valence electrons. The summed E-state index contributed by atoms with van der Waals surface area (Å²) in [5.74, 6) is 0.537. The zero-order chi connectivity index (χ0) is 27.8. The van der Waals surface area contributed by atoms with Crippen molar-refractivity contribution >= 4 is 39.7 Å². The molecule has 0 amide bonds. The quantitative estimate of drug-likeness (QED) is 0.303. The van der Waals surface area contributed by atoms with Crippen LogP contribution < -0.4 is 31.0 Å². The fraction of sp³-hybridized carbons (Fsp3) is 0.467. The lowest BCUT2D eigenvalue weighted by Crippen LogP contribution is -3.00. The summed E-state index contributed by atoms with van der Waals surface area (Å²) >= 11 is 1.72. The largest absolute Gasteiger partial charge is 1.00 e. The highest BCUT2D eigenvalue weighted by Crippen LogP contribution is 2.30. The Hall–Kier alpha value is -2.54. The fourth-order valence-electron chi connectivity index (χ4n) is 4.16. The summed E-state index contributed by atoms with van der Waals surface area (Å²) in [6, 6.07) is 14.2. The van der Waals surface area contributed by atoms with Gasteiger partial charge >= 0.3 is 5.97 Å². The third-order valence-electron chi connectivity index (χ3n) is 6.13. The van der Waals surface area contributed by atoms with Crippen LogP contribution in [0.15, 0.2) is 42.5 Å². The summed E-state index contributed by atoms with van der Waals surface area (Å²) in [6.07, 6.45) is 5.79. The van der Waals surface area contributed by atoms with Crippen molar-refractivity contribution in [3.63, 3.8) is 0 Å². The van der Waals surface area contributed by atoms with Crippen molar-refractivity contribution in [2.75, 3.05) is 66.1 Å². The number of para-hydroxylation sites is 1. The lowest BCUT2D eigenvalue weighted by atomic mass is 10.2. The topological polar surface area (TPSA) is 96.6 Å². The zero-order valence-corrected chi connectivity index (χ0v) is 25.5. The van der Waals surface area contributed by atoms with E-state index in [1.165, 1.54) is 4.70 Å². The van der Waals surface area contributed by atoms with Gasteiger partial charge in [0.2, 0.25) is 5.52 Å². The van der Waals surface area contributed by atoms with E-state index < -0.39 is 5.97 Å². The number of benzene rings is 2. The zero-order valence-electron chi connectivity index (χ0n) is 23.1. The number of ether oxygens (including phenoxy) is 6. The minimum atomic E-state index is -0.756. The Balaban J connectivity index is 0.00000462. The lowest BCUT2D eigenvalue weighted by molar-refractivity contribution is -0.669. The molecule has 11 heteroatoms. The summed E-state index contributed by atoms with van der Waals surface area (Å²) < 4.78 is 37.7. The van der Waals surface area contributed by atoms with Crippen LogP contribution in [0.4, 0.5) is 0 Å². The van der Waals surface area contributed by atoms with E-state index in [1.807, 2.05) is 30.3 Å². The molecule has 0 fully saturated rings. The van der Waals surface area contributed by atoms with E-state index in [0.717, 1.165) is 29.1 Å². The first-order valence-corrected chi connectivity index (χ1v) is 14.5. The first-order valence-electron chi connectivity index (χ1n) is 13.7. The lowest BCUT2D eigenvalue weighted by Gasteiger charge is -2.14. The van der Waals surface area contributed by atoms with Crippen LogP contribution in [0.5, 0.6) is 11.5 Å². The molecule has 9 nitrogen and oxygen atoms in total. The average molecular weight is 653 g/mol. The molecule has 1 aliphatic rings. The number of halogens is 1. The van der Waals surface area contributed by atoms with Gasteiger partial charge < -0.3 is 50.5 Å². The third-order valence-corrected chi connectivity index (χ3v) is 7.26. The number of nitrogens with zero attached hydrogens (tertiary/aromatic N) is 1. The van der Waals surface area contributed by atoms with E-state index in [9.17, 15) is 4.79 Å². The molecule has 0 bridgehead atoms. The van der Waals surface area contributed by atoms with Crippen molar-refractivity contribution in [2.24, 2.45) is 0 Å². The molecule has 41 heavy (non-hydrogen) atoms. The number of rotatable bonds is 7. The number of thiazole rings is 1. The molecule has 0 aliphatic carbocycles. The SMILES string of the molecule is O=C(O)CCCC[n+]1c(/C=C/c2ccc3c(c2)OCCOCCOCCOCCOCCO3)sc2ccccc21.[Br-]. The number of hydrogen-bond donors (Lipinski definition) is 1. The molecule has 3 aromatic rings. The van der Waals surface area contributed by atoms with Crippen molar-refractivity contribution in [1.82, 2.24) is 0 Å². The second-order valence-electron chi connectivity index (χ2n) is 9.10. The van der Waals surface area contributed by atoms with Gasteiger partial charge in [-0.2, -0.15) is 4.57 Å². The van der Waals surface area contributed by atoms with Crippen molar-refractivity contribution in [3.8, 4) is 11.5 Å². The molecule has 1 N–H and O–H groups in total. The predicted octanol–water partition coefficient (Wildman–Crippen LogP) is 1.46. The maximum Gasteiger partial charge on any atom is 0.303 e. The minimum Gasteiger partial charge on any atom is -1.00 e. The molecule has 0 unspecified atom stereocenters. The van der Waals surface area contributed by atoms with Gasteiger partial charge in [0.05, 0.1) is 52.9 Å². The number of aromatic nitrogens is 1. The maximum absolute atomic E-state index is 10.9.